The van der Waals surface area contributed by atoms with Gasteiger partial charge in [-0.3, -0.25) is 0 Å². The molecule has 0 spiro atoms. The first-order valence-corrected chi connectivity index (χ1v) is 12.0. The first kappa shape index (κ1) is 26.6. The van der Waals surface area contributed by atoms with Gasteiger partial charge in [-0.1, -0.05) is 36.8 Å². The minimum Gasteiger partial charge on any atom is -1.00 e. The second-order valence-corrected chi connectivity index (χ2v) is 11.5. The van der Waals surface area contributed by atoms with Crippen molar-refractivity contribution < 1.29 is 60.2 Å². The molecule has 143 valence electrons. The molecule has 3 rings (SSSR count). The normalized spacial score (nSPS) is 16.3. The summed E-state index contributed by atoms with van der Waals surface area (Å²) in [7, 11) is -1.48. The van der Waals surface area contributed by atoms with Crippen LogP contribution < -0.4 is 24.8 Å². The van der Waals surface area contributed by atoms with Crippen LogP contribution in [0.3, 0.4) is 0 Å². The van der Waals surface area contributed by atoms with Crippen LogP contribution in [-0.2, 0) is 35.4 Å². The summed E-state index contributed by atoms with van der Waals surface area (Å²) in [4.78, 5) is 0. The maximum absolute atomic E-state index is 6.02. The number of ether oxygens (including phenoxy) is 1. The molecular weight excluding hydrogens is 474 g/mol. The van der Waals surface area contributed by atoms with Crippen LogP contribution in [0.2, 0.25) is 19.6 Å². The van der Waals surface area contributed by atoms with E-state index in [4.69, 9.17) is 9.16 Å². The van der Waals surface area contributed by atoms with Crippen molar-refractivity contribution in [3.63, 3.8) is 0 Å². The van der Waals surface area contributed by atoms with E-state index in [2.05, 4.69) is 75.1 Å². The molecule has 0 aliphatic heterocycles. The Kier molecular flexibility index (Phi) is 11.4. The Morgan fingerprint density at radius 3 is 2.48 bits per heavy atom. The zero-order chi connectivity index (χ0) is 17.2. The summed E-state index contributed by atoms with van der Waals surface area (Å²) in [6.45, 7) is 9.92. The van der Waals surface area contributed by atoms with Crippen LogP contribution in [-0.4, -0.2) is 21.5 Å². The van der Waals surface area contributed by atoms with Crippen molar-refractivity contribution in [3.05, 3.63) is 76.6 Å². The number of allylic oxidation sites excluding steroid dienone is 6. The Hall–Kier alpha value is -0.380. The van der Waals surface area contributed by atoms with Gasteiger partial charge in [0.1, 0.15) is 6.61 Å². The van der Waals surface area contributed by atoms with Gasteiger partial charge in [-0.05, 0) is 32.1 Å². The summed E-state index contributed by atoms with van der Waals surface area (Å²) in [5.41, 5.74) is 6.08. The number of hydrogen-bond acceptors (Lipinski definition) is 2. The van der Waals surface area contributed by atoms with Crippen molar-refractivity contribution in [2.45, 2.75) is 33.0 Å². The Bertz CT molecular complexity index is 762. The van der Waals surface area contributed by atoms with Gasteiger partial charge in [-0.2, -0.15) is 0 Å². The van der Waals surface area contributed by atoms with E-state index < -0.39 is 8.32 Å². The molecule has 0 heterocycles. The van der Waals surface area contributed by atoms with Crippen LogP contribution in [0.5, 0.6) is 0 Å². The molecule has 2 nitrogen and oxygen atoms in total. The zero-order valence-corrected chi connectivity index (χ0v) is 21.2. The summed E-state index contributed by atoms with van der Waals surface area (Å²) in [5.74, 6) is 0.962. The molecule has 2 aliphatic rings. The number of rotatable bonds is 6. The van der Waals surface area contributed by atoms with Crippen LogP contribution in [0.4, 0.5) is 0 Å². The fourth-order valence-electron chi connectivity index (χ4n) is 3.05. The first-order chi connectivity index (χ1) is 11.5. The van der Waals surface area contributed by atoms with Crippen molar-refractivity contribution in [1.82, 2.24) is 0 Å². The monoisotopic (exact) mass is 497 g/mol. The number of halogens is 2. The average molecular weight is 500 g/mol. The molecule has 1 radical (unpaired) electrons. The molecule has 1 aromatic rings. The maximum atomic E-state index is 6.02. The Morgan fingerprint density at radius 2 is 1.81 bits per heavy atom. The topological polar surface area (TPSA) is 18.5 Å². The molecule has 0 saturated heterocycles. The van der Waals surface area contributed by atoms with Gasteiger partial charge in [-0.25, -0.2) is 0 Å². The fraction of sp³-hybridized carbons (Fsp3) is 0.333. The van der Waals surface area contributed by atoms with E-state index in [0.717, 1.165) is 12.2 Å². The average Bonchev–Trinajstić information content (AvgIpc) is 3.14. The second-order valence-electron chi connectivity index (χ2n) is 7.01. The van der Waals surface area contributed by atoms with E-state index >= 15 is 0 Å². The maximum Gasteiger partial charge on any atom is 3.00 e. The molecule has 0 fully saturated rings. The van der Waals surface area contributed by atoms with Crippen LogP contribution in [0, 0.1) is 6.08 Å². The molecule has 0 amide bonds. The third-order valence-electron chi connectivity index (χ3n) is 4.10. The summed E-state index contributed by atoms with van der Waals surface area (Å²) in [6.07, 6.45) is 10.9. The van der Waals surface area contributed by atoms with Crippen molar-refractivity contribution >= 4 is 13.9 Å². The van der Waals surface area contributed by atoms with E-state index in [1.165, 1.54) is 27.8 Å². The van der Waals surface area contributed by atoms with Crippen molar-refractivity contribution in [2.24, 2.45) is 0 Å². The van der Waals surface area contributed by atoms with Crippen LogP contribution >= 0.6 is 0 Å². The molecule has 0 N–H and O–H groups in total. The molecule has 0 atom stereocenters. The summed E-state index contributed by atoms with van der Waals surface area (Å²) in [6, 6.07) is 8.43. The Balaban J connectivity index is 0.00000225. The molecule has 2 aliphatic carbocycles. The van der Waals surface area contributed by atoms with Gasteiger partial charge in [0.15, 0.2) is 8.32 Å². The SMILES string of the molecule is CC=C1C(C2=C(OCCO[Si](C)(C)C)C=CC2)=[C-]c2ccccc21.[Cl-].[Cl-].[Zr+3]. The van der Waals surface area contributed by atoms with E-state index in [9.17, 15) is 0 Å². The number of benzene rings is 1. The molecule has 0 unspecified atom stereocenters. The standard InChI is InChI=1S/C21H25O2Si.2ClH.Zr/c1-5-17-18-10-7-6-9-16(18)15-20(17)19-11-8-12-21(19)22-13-14-23-24(2,3)4;;;/h5-10,12H,11,13-14H2,1-4H3;2*1H;/q-1;;;+3/p-2. The minimum absolute atomic E-state index is 0. The van der Waals surface area contributed by atoms with Crippen molar-refractivity contribution in [1.29, 1.82) is 0 Å². The summed E-state index contributed by atoms with van der Waals surface area (Å²) >= 11 is 0. The van der Waals surface area contributed by atoms with Crippen molar-refractivity contribution in [2.75, 3.05) is 13.2 Å². The van der Waals surface area contributed by atoms with E-state index in [0.29, 0.717) is 13.2 Å². The first-order valence-electron chi connectivity index (χ1n) is 8.56. The number of hydrogen-bond donors (Lipinski definition) is 0. The van der Waals surface area contributed by atoms with Crippen LogP contribution in [0.25, 0.3) is 5.57 Å². The van der Waals surface area contributed by atoms with Crippen LogP contribution in [0.1, 0.15) is 24.5 Å². The van der Waals surface area contributed by atoms with E-state index in [-0.39, 0.29) is 51.0 Å². The van der Waals surface area contributed by atoms with Gasteiger partial charge in [0.2, 0.25) is 0 Å². The molecule has 0 bridgehead atoms. The smallest absolute Gasteiger partial charge is 1.00 e. The summed E-state index contributed by atoms with van der Waals surface area (Å²) in [5, 5.41) is 0. The van der Waals surface area contributed by atoms with Gasteiger partial charge in [0.05, 0.1) is 12.4 Å². The third kappa shape index (κ3) is 6.58. The van der Waals surface area contributed by atoms with Crippen molar-refractivity contribution in [3.8, 4) is 0 Å². The third-order valence-corrected chi connectivity index (χ3v) is 5.17. The van der Waals surface area contributed by atoms with Gasteiger partial charge in [0, 0.05) is 0 Å². The van der Waals surface area contributed by atoms with Gasteiger partial charge in [0.25, 0.3) is 0 Å². The molecule has 1 aromatic carbocycles. The van der Waals surface area contributed by atoms with E-state index in [1.807, 2.05) is 0 Å². The quantitative estimate of drug-likeness (QED) is 0.292. The molecule has 27 heavy (non-hydrogen) atoms. The largest absolute Gasteiger partial charge is 3.00 e. The zero-order valence-electron chi connectivity index (χ0n) is 16.2. The molecule has 0 saturated carbocycles. The second kappa shape index (κ2) is 11.6. The Labute approximate surface area is 195 Å². The minimum atomic E-state index is -1.48. The van der Waals surface area contributed by atoms with Crippen LogP contribution in [0.15, 0.2) is 59.4 Å². The fourth-order valence-corrected chi connectivity index (χ4v) is 3.74. The molecule has 6 heteroatoms. The predicted molar refractivity (Wildman–Crippen MR) is 102 cm³/mol. The van der Waals surface area contributed by atoms with E-state index in [1.54, 1.807) is 0 Å². The van der Waals surface area contributed by atoms with Gasteiger partial charge < -0.3 is 34.0 Å². The Morgan fingerprint density at radius 1 is 1.11 bits per heavy atom. The van der Waals surface area contributed by atoms with Gasteiger partial charge >= 0.3 is 26.2 Å². The molecular formula is C21H25Cl2O2SiZr. The predicted octanol–water partition coefficient (Wildman–Crippen LogP) is -0.731. The van der Waals surface area contributed by atoms with Gasteiger partial charge in [-0.15, -0.1) is 40.5 Å². The summed E-state index contributed by atoms with van der Waals surface area (Å²) < 4.78 is 11.9. The number of fused-ring (bicyclic) bond motifs is 1. The molecule has 0 aromatic heterocycles.